The van der Waals surface area contributed by atoms with Gasteiger partial charge in [-0.1, -0.05) is 6.92 Å². The van der Waals surface area contributed by atoms with Crippen molar-refractivity contribution in [2.24, 2.45) is 0 Å². The number of aryl methyl sites for hydroxylation is 1. The average molecular weight is 389 g/mol. The summed E-state index contributed by atoms with van der Waals surface area (Å²) in [4.78, 5) is 29.9. The first-order chi connectivity index (χ1) is 12.5. The summed E-state index contributed by atoms with van der Waals surface area (Å²) >= 11 is 6.76. The molecule has 0 saturated carbocycles. The summed E-state index contributed by atoms with van der Waals surface area (Å²) < 4.78 is 12.0. The molecule has 2 aromatic heterocycles. The van der Waals surface area contributed by atoms with E-state index < -0.39 is 0 Å². The van der Waals surface area contributed by atoms with Gasteiger partial charge in [-0.05, 0) is 36.8 Å². The Morgan fingerprint density at radius 1 is 1.35 bits per heavy atom. The minimum absolute atomic E-state index is 0.164. The lowest BCUT2D eigenvalue weighted by molar-refractivity contribution is -0.116. The fraction of sp³-hybridized carbons (Fsp3) is 0.235. The van der Waals surface area contributed by atoms with Crippen LogP contribution in [0.4, 0.5) is 5.69 Å². The molecule has 4 rings (SSSR count). The second-order valence-corrected chi connectivity index (χ2v) is 7.27. The molecule has 0 unspecified atom stereocenters. The number of H-pyrrole nitrogens is 1. The summed E-state index contributed by atoms with van der Waals surface area (Å²) in [7, 11) is 0. The standard InChI is InChI=1S/C17H15N3O4S2/c1-2-10-6-11-15(26-10)19-17(25)20(16(11)22)7-14(21)18-9-3-4-12-13(5-9)24-8-23-12/h3-6H,2,7-8H2,1H3,(H,18,21)(H,19,25). The molecular formula is C17H15N3O4S2. The number of anilines is 1. The molecule has 9 heteroatoms. The van der Waals surface area contributed by atoms with Gasteiger partial charge in [0, 0.05) is 16.6 Å². The van der Waals surface area contributed by atoms with E-state index in [0.717, 1.165) is 16.1 Å². The maximum atomic E-state index is 12.7. The molecule has 0 spiro atoms. The van der Waals surface area contributed by atoms with Crippen molar-refractivity contribution in [3.8, 4) is 11.5 Å². The Bertz CT molecular complexity index is 1130. The van der Waals surface area contributed by atoms with E-state index in [2.05, 4.69) is 10.3 Å². The van der Waals surface area contributed by atoms with Crippen LogP contribution < -0.4 is 20.3 Å². The van der Waals surface area contributed by atoms with Gasteiger partial charge in [0.1, 0.15) is 11.4 Å². The number of amides is 1. The monoisotopic (exact) mass is 389 g/mol. The van der Waals surface area contributed by atoms with Crippen LogP contribution >= 0.6 is 23.6 Å². The minimum Gasteiger partial charge on any atom is -0.454 e. The molecule has 134 valence electrons. The van der Waals surface area contributed by atoms with Crippen molar-refractivity contribution in [3.05, 3.63) is 44.3 Å². The highest BCUT2D eigenvalue weighted by Gasteiger charge is 2.15. The largest absolute Gasteiger partial charge is 0.454 e. The molecule has 3 heterocycles. The molecule has 1 aromatic carbocycles. The zero-order chi connectivity index (χ0) is 18.3. The first-order valence-electron chi connectivity index (χ1n) is 8.00. The van der Waals surface area contributed by atoms with Gasteiger partial charge in [0.25, 0.3) is 5.56 Å². The van der Waals surface area contributed by atoms with Crippen LogP contribution in [0.25, 0.3) is 10.2 Å². The lowest BCUT2D eigenvalue weighted by Crippen LogP contribution is -2.28. The van der Waals surface area contributed by atoms with Gasteiger partial charge < -0.3 is 19.8 Å². The second-order valence-electron chi connectivity index (χ2n) is 5.75. The third kappa shape index (κ3) is 2.99. The predicted molar refractivity (Wildman–Crippen MR) is 102 cm³/mol. The summed E-state index contributed by atoms with van der Waals surface area (Å²) in [5.41, 5.74) is 0.299. The molecular weight excluding hydrogens is 374 g/mol. The average Bonchev–Trinajstić information content (AvgIpc) is 3.24. The third-order valence-corrected chi connectivity index (χ3v) is 5.55. The number of ether oxygens (including phenoxy) is 2. The number of fused-ring (bicyclic) bond motifs is 2. The number of hydrogen-bond acceptors (Lipinski definition) is 6. The molecule has 1 amide bonds. The molecule has 1 aliphatic rings. The van der Waals surface area contributed by atoms with Crippen LogP contribution in [0, 0.1) is 4.77 Å². The van der Waals surface area contributed by atoms with Crippen molar-refractivity contribution in [2.75, 3.05) is 12.1 Å². The molecule has 0 aliphatic carbocycles. The van der Waals surface area contributed by atoms with E-state index in [1.54, 1.807) is 18.2 Å². The molecule has 3 aromatic rings. The molecule has 0 saturated heterocycles. The molecule has 0 radical (unpaired) electrons. The van der Waals surface area contributed by atoms with Crippen molar-refractivity contribution in [1.82, 2.24) is 9.55 Å². The number of carbonyl (C=O) groups excluding carboxylic acids is 1. The molecule has 0 fully saturated rings. The van der Waals surface area contributed by atoms with E-state index >= 15 is 0 Å². The van der Waals surface area contributed by atoms with E-state index in [-0.39, 0.29) is 29.6 Å². The summed E-state index contributed by atoms with van der Waals surface area (Å²) in [5, 5.41) is 3.30. The Hall–Kier alpha value is -2.65. The maximum absolute atomic E-state index is 12.7. The summed E-state index contributed by atoms with van der Waals surface area (Å²) in [6, 6.07) is 6.96. The van der Waals surface area contributed by atoms with Gasteiger partial charge >= 0.3 is 0 Å². The fourth-order valence-corrected chi connectivity index (χ4v) is 4.03. The molecule has 0 atom stereocenters. The summed E-state index contributed by atoms with van der Waals surface area (Å²) in [6.07, 6.45) is 0.837. The zero-order valence-electron chi connectivity index (χ0n) is 13.8. The Balaban J connectivity index is 1.59. The maximum Gasteiger partial charge on any atom is 0.263 e. The lowest BCUT2D eigenvalue weighted by atomic mass is 10.2. The highest BCUT2D eigenvalue weighted by atomic mass is 32.1. The normalized spacial score (nSPS) is 12.5. The molecule has 2 N–H and O–H groups in total. The van der Waals surface area contributed by atoms with Crippen LogP contribution in [-0.4, -0.2) is 22.3 Å². The van der Waals surface area contributed by atoms with Gasteiger partial charge in [0.2, 0.25) is 12.7 Å². The van der Waals surface area contributed by atoms with Gasteiger partial charge in [0.05, 0.1) is 5.39 Å². The number of thiophene rings is 1. The van der Waals surface area contributed by atoms with E-state index in [4.69, 9.17) is 21.7 Å². The lowest BCUT2D eigenvalue weighted by Gasteiger charge is -2.08. The minimum atomic E-state index is -0.351. The Morgan fingerprint density at radius 3 is 2.96 bits per heavy atom. The Kier molecular flexibility index (Phi) is 4.25. The summed E-state index contributed by atoms with van der Waals surface area (Å²) in [5.74, 6) is 0.858. The van der Waals surface area contributed by atoms with Crippen LogP contribution in [0.1, 0.15) is 11.8 Å². The molecule has 0 bridgehead atoms. The number of carbonyl (C=O) groups is 1. The number of benzene rings is 1. The van der Waals surface area contributed by atoms with Crippen LogP contribution in [0.2, 0.25) is 0 Å². The smallest absolute Gasteiger partial charge is 0.263 e. The molecule has 26 heavy (non-hydrogen) atoms. The number of nitrogens with zero attached hydrogens (tertiary/aromatic N) is 1. The Morgan fingerprint density at radius 2 is 2.15 bits per heavy atom. The van der Waals surface area contributed by atoms with Crippen molar-refractivity contribution >= 4 is 45.4 Å². The van der Waals surface area contributed by atoms with Crippen LogP contribution in [0.3, 0.4) is 0 Å². The van der Waals surface area contributed by atoms with Crippen molar-refractivity contribution in [3.63, 3.8) is 0 Å². The number of aromatic nitrogens is 2. The zero-order valence-corrected chi connectivity index (χ0v) is 15.5. The third-order valence-electron chi connectivity index (χ3n) is 4.03. The highest BCUT2D eigenvalue weighted by Crippen LogP contribution is 2.34. The number of nitrogens with one attached hydrogen (secondary N) is 2. The highest BCUT2D eigenvalue weighted by molar-refractivity contribution is 7.71. The van der Waals surface area contributed by atoms with E-state index in [9.17, 15) is 9.59 Å². The number of hydrogen-bond donors (Lipinski definition) is 2. The molecule has 1 aliphatic heterocycles. The van der Waals surface area contributed by atoms with Crippen LogP contribution in [0.15, 0.2) is 29.1 Å². The van der Waals surface area contributed by atoms with Crippen molar-refractivity contribution in [1.29, 1.82) is 0 Å². The van der Waals surface area contributed by atoms with Gasteiger partial charge in [-0.2, -0.15) is 0 Å². The number of rotatable bonds is 4. The van der Waals surface area contributed by atoms with E-state index in [0.29, 0.717) is 22.6 Å². The van der Waals surface area contributed by atoms with Gasteiger partial charge in [0.15, 0.2) is 16.3 Å². The van der Waals surface area contributed by atoms with E-state index in [1.165, 1.54) is 15.9 Å². The fourth-order valence-electron chi connectivity index (χ4n) is 2.73. The van der Waals surface area contributed by atoms with Crippen molar-refractivity contribution < 1.29 is 14.3 Å². The van der Waals surface area contributed by atoms with Crippen LogP contribution in [0.5, 0.6) is 11.5 Å². The predicted octanol–water partition coefficient (Wildman–Crippen LogP) is 3.05. The molecule has 7 nitrogen and oxygen atoms in total. The first-order valence-corrected chi connectivity index (χ1v) is 9.22. The van der Waals surface area contributed by atoms with Gasteiger partial charge in [-0.25, -0.2) is 0 Å². The first kappa shape index (κ1) is 16.8. The summed E-state index contributed by atoms with van der Waals surface area (Å²) in [6.45, 7) is 2.02. The SMILES string of the molecule is CCc1cc2c(=O)n(CC(=O)Nc3ccc4c(c3)OCO4)c(=S)[nH]c2s1. The van der Waals surface area contributed by atoms with Gasteiger partial charge in [-0.3, -0.25) is 14.2 Å². The van der Waals surface area contributed by atoms with Crippen molar-refractivity contribution in [2.45, 2.75) is 19.9 Å². The Labute approximate surface area is 157 Å². The van der Waals surface area contributed by atoms with E-state index in [1.807, 2.05) is 13.0 Å². The van der Waals surface area contributed by atoms with Gasteiger partial charge in [-0.15, -0.1) is 11.3 Å². The number of aromatic amines is 1. The topological polar surface area (TPSA) is 85.3 Å². The second kappa shape index (κ2) is 6.58. The quantitative estimate of drug-likeness (QED) is 0.670. The van der Waals surface area contributed by atoms with Crippen LogP contribution in [-0.2, 0) is 17.8 Å².